The molecule has 0 aromatic carbocycles. The molecule has 1 aromatic rings. The van der Waals surface area contributed by atoms with E-state index in [0.717, 1.165) is 24.3 Å². The van der Waals surface area contributed by atoms with Crippen molar-refractivity contribution >= 4 is 22.4 Å². The van der Waals surface area contributed by atoms with E-state index in [1.165, 1.54) is 6.42 Å². The standard InChI is InChI=1S/C9H15N5OS/c1-14-4-2-3-6(14)5-11-7(15)8-12-13-9(10)16-8/h6H,2-5H2,1H3,(H2,10,13)(H,11,15). The number of carbonyl (C=O) groups is 1. The van der Waals surface area contributed by atoms with E-state index in [4.69, 9.17) is 5.73 Å². The highest BCUT2D eigenvalue weighted by molar-refractivity contribution is 7.16. The molecule has 88 valence electrons. The summed E-state index contributed by atoms with van der Waals surface area (Å²) in [6.45, 7) is 1.76. The Labute approximate surface area is 97.8 Å². The molecule has 1 amide bonds. The molecule has 16 heavy (non-hydrogen) atoms. The zero-order chi connectivity index (χ0) is 11.5. The Hall–Kier alpha value is -1.21. The van der Waals surface area contributed by atoms with Gasteiger partial charge >= 0.3 is 0 Å². The number of nitrogens with one attached hydrogen (secondary N) is 1. The fourth-order valence-electron chi connectivity index (χ4n) is 1.85. The van der Waals surface area contributed by atoms with Gasteiger partial charge < -0.3 is 16.0 Å². The predicted molar refractivity (Wildman–Crippen MR) is 62.3 cm³/mol. The molecule has 0 saturated carbocycles. The summed E-state index contributed by atoms with van der Waals surface area (Å²) in [7, 11) is 2.08. The summed E-state index contributed by atoms with van der Waals surface area (Å²) < 4.78 is 0. The van der Waals surface area contributed by atoms with Gasteiger partial charge in [-0.3, -0.25) is 4.79 Å². The maximum atomic E-state index is 11.6. The number of aromatic nitrogens is 2. The molecule has 0 bridgehead atoms. The minimum atomic E-state index is -0.186. The summed E-state index contributed by atoms with van der Waals surface area (Å²) in [6, 6.07) is 0.439. The van der Waals surface area contributed by atoms with Gasteiger partial charge in [-0.15, -0.1) is 10.2 Å². The summed E-state index contributed by atoms with van der Waals surface area (Å²) >= 11 is 1.11. The second-order valence-electron chi connectivity index (χ2n) is 3.93. The lowest BCUT2D eigenvalue weighted by Crippen LogP contribution is -2.38. The van der Waals surface area contributed by atoms with Gasteiger partial charge in [0.05, 0.1) is 0 Å². The van der Waals surface area contributed by atoms with Crippen LogP contribution in [-0.4, -0.2) is 47.2 Å². The summed E-state index contributed by atoms with van der Waals surface area (Å²) in [5, 5.41) is 10.8. The minimum absolute atomic E-state index is 0.186. The Bertz CT molecular complexity index is 380. The number of rotatable bonds is 3. The zero-order valence-electron chi connectivity index (χ0n) is 9.14. The highest BCUT2D eigenvalue weighted by Crippen LogP contribution is 2.14. The maximum absolute atomic E-state index is 11.6. The van der Waals surface area contributed by atoms with Crippen LogP contribution in [0.25, 0.3) is 0 Å². The number of nitrogens with zero attached hydrogens (tertiary/aromatic N) is 3. The van der Waals surface area contributed by atoms with Gasteiger partial charge in [0.15, 0.2) is 0 Å². The molecule has 1 aliphatic heterocycles. The van der Waals surface area contributed by atoms with Crippen LogP contribution in [0.2, 0.25) is 0 Å². The second kappa shape index (κ2) is 4.75. The fraction of sp³-hybridized carbons (Fsp3) is 0.667. The van der Waals surface area contributed by atoms with E-state index < -0.39 is 0 Å². The molecule has 7 heteroatoms. The lowest BCUT2D eigenvalue weighted by molar-refractivity contribution is 0.0942. The quantitative estimate of drug-likeness (QED) is 0.774. The van der Waals surface area contributed by atoms with Crippen molar-refractivity contribution in [3.63, 3.8) is 0 Å². The summed E-state index contributed by atoms with van der Waals surface area (Å²) in [4.78, 5) is 13.9. The number of hydrogen-bond donors (Lipinski definition) is 2. The molecule has 0 spiro atoms. The SMILES string of the molecule is CN1CCCC1CNC(=O)c1nnc(N)s1. The Morgan fingerprint density at radius 1 is 1.69 bits per heavy atom. The van der Waals surface area contributed by atoms with Crippen LogP contribution in [0, 0.1) is 0 Å². The van der Waals surface area contributed by atoms with Gasteiger partial charge in [0.2, 0.25) is 10.1 Å². The Kier molecular flexibility index (Phi) is 3.35. The van der Waals surface area contributed by atoms with Crippen LogP contribution < -0.4 is 11.1 Å². The number of nitrogen functional groups attached to an aromatic ring is 1. The summed E-state index contributed by atoms with van der Waals surface area (Å²) in [6.07, 6.45) is 2.33. The van der Waals surface area contributed by atoms with Crippen LogP contribution in [0.5, 0.6) is 0 Å². The van der Waals surface area contributed by atoms with E-state index in [1.54, 1.807) is 0 Å². The molecular formula is C9H15N5OS. The van der Waals surface area contributed by atoms with Crippen LogP contribution in [0.3, 0.4) is 0 Å². The Balaban J connectivity index is 1.84. The van der Waals surface area contributed by atoms with Gasteiger partial charge in [0.25, 0.3) is 5.91 Å². The van der Waals surface area contributed by atoms with Crippen molar-refractivity contribution < 1.29 is 4.79 Å². The molecule has 1 atom stereocenters. The largest absolute Gasteiger partial charge is 0.374 e. The number of hydrogen-bond acceptors (Lipinski definition) is 6. The van der Waals surface area contributed by atoms with Crippen molar-refractivity contribution in [2.24, 2.45) is 0 Å². The first kappa shape index (κ1) is 11.3. The van der Waals surface area contributed by atoms with Gasteiger partial charge in [-0.05, 0) is 26.4 Å². The molecule has 1 unspecified atom stereocenters. The van der Waals surface area contributed by atoms with Crippen LogP contribution in [0.4, 0.5) is 5.13 Å². The average Bonchev–Trinajstić information content (AvgIpc) is 2.84. The van der Waals surface area contributed by atoms with E-state index in [-0.39, 0.29) is 5.91 Å². The first-order valence-electron chi connectivity index (χ1n) is 5.24. The fourth-order valence-corrected chi connectivity index (χ4v) is 2.38. The molecular weight excluding hydrogens is 226 g/mol. The van der Waals surface area contributed by atoms with E-state index in [9.17, 15) is 4.79 Å². The number of amides is 1. The zero-order valence-corrected chi connectivity index (χ0v) is 9.96. The van der Waals surface area contributed by atoms with Crippen LogP contribution >= 0.6 is 11.3 Å². The molecule has 6 nitrogen and oxygen atoms in total. The molecule has 1 aromatic heterocycles. The van der Waals surface area contributed by atoms with Crippen molar-refractivity contribution in [3.05, 3.63) is 5.01 Å². The van der Waals surface area contributed by atoms with Gasteiger partial charge in [-0.2, -0.15) is 0 Å². The van der Waals surface area contributed by atoms with Gasteiger partial charge in [0, 0.05) is 12.6 Å². The lowest BCUT2D eigenvalue weighted by atomic mass is 10.2. The first-order valence-corrected chi connectivity index (χ1v) is 6.06. The van der Waals surface area contributed by atoms with E-state index in [0.29, 0.717) is 22.7 Å². The third-order valence-electron chi connectivity index (χ3n) is 2.80. The Morgan fingerprint density at radius 3 is 3.06 bits per heavy atom. The smallest absolute Gasteiger partial charge is 0.282 e. The third-order valence-corrected chi connectivity index (χ3v) is 3.56. The van der Waals surface area contributed by atoms with E-state index >= 15 is 0 Å². The number of carbonyl (C=O) groups excluding carboxylic acids is 1. The van der Waals surface area contributed by atoms with E-state index in [2.05, 4.69) is 27.5 Å². The number of likely N-dealkylation sites (tertiary alicyclic amines) is 1. The number of likely N-dealkylation sites (N-methyl/N-ethyl adjacent to an activating group) is 1. The van der Waals surface area contributed by atoms with Crippen LogP contribution in [0.15, 0.2) is 0 Å². The molecule has 1 aliphatic rings. The van der Waals surface area contributed by atoms with Crippen LogP contribution in [0.1, 0.15) is 22.6 Å². The molecule has 2 heterocycles. The Morgan fingerprint density at radius 2 is 2.50 bits per heavy atom. The van der Waals surface area contributed by atoms with Crippen molar-refractivity contribution in [1.82, 2.24) is 20.4 Å². The van der Waals surface area contributed by atoms with Crippen LogP contribution in [-0.2, 0) is 0 Å². The molecule has 0 radical (unpaired) electrons. The topological polar surface area (TPSA) is 84.1 Å². The third kappa shape index (κ3) is 2.48. The lowest BCUT2D eigenvalue weighted by Gasteiger charge is -2.19. The summed E-state index contributed by atoms with van der Waals surface area (Å²) in [5.74, 6) is -0.186. The number of anilines is 1. The maximum Gasteiger partial charge on any atom is 0.282 e. The highest BCUT2D eigenvalue weighted by Gasteiger charge is 2.22. The summed E-state index contributed by atoms with van der Waals surface area (Å²) in [5.41, 5.74) is 5.41. The molecule has 3 N–H and O–H groups in total. The van der Waals surface area contributed by atoms with Gasteiger partial charge in [-0.1, -0.05) is 11.3 Å². The monoisotopic (exact) mass is 241 g/mol. The second-order valence-corrected chi connectivity index (χ2v) is 4.94. The molecule has 2 rings (SSSR count). The van der Waals surface area contributed by atoms with Crippen molar-refractivity contribution in [1.29, 1.82) is 0 Å². The van der Waals surface area contributed by atoms with Crippen molar-refractivity contribution in [3.8, 4) is 0 Å². The normalized spacial score (nSPS) is 21.2. The minimum Gasteiger partial charge on any atom is -0.374 e. The van der Waals surface area contributed by atoms with Gasteiger partial charge in [0.1, 0.15) is 0 Å². The first-order chi connectivity index (χ1) is 7.66. The van der Waals surface area contributed by atoms with Gasteiger partial charge in [-0.25, -0.2) is 0 Å². The highest BCUT2D eigenvalue weighted by atomic mass is 32.1. The molecule has 0 aliphatic carbocycles. The molecule has 1 fully saturated rings. The van der Waals surface area contributed by atoms with Crippen molar-refractivity contribution in [2.45, 2.75) is 18.9 Å². The average molecular weight is 241 g/mol. The van der Waals surface area contributed by atoms with E-state index in [1.807, 2.05) is 0 Å². The molecule has 1 saturated heterocycles. The number of nitrogens with two attached hydrogens (primary N) is 1. The van der Waals surface area contributed by atoms with Crippen molar-refractivity contribution in [2.75, 3.05) is 25.9 Å². The predicted octanol–water partition coefficient (Wildman–Crippen LogP) is -0.0557.